The highest BCUT2D eigenvalue weighted by Gasteiger charge is 2.06. The predicted octanol–water partition coefficient (Wildman–Crippen LogP) is 5.13. The summed E-state index contributed by atoms with van der Waals surface area (Å²) in [6.07, 6.45) is 10.3. The maximum absolute atomic E-state index is 12.1. The maximum Gasteiger partial charge on any atom is 0.137 e. The zero-order valence-corrected chi connectivity index (χ0v) is 16.9. The van der Waals surface area contributed by atoms with Crippen molar-refractivity contribution in [1.82, 2.24) is 14.8 Å². The van der Waals surface area contributed by atoms with Gasteiger partial charge in [0.05, 0.1) is 12.7 Å². The van der Waals surface area contributed by atoms with Gasteiger partial charge in [-0.25, -0.2) is 0 Å². The summed E-state index contributed by atoms with van der Waals surface area (Å²) in [5.74, 6) is 0.269. The summed E-state index contributed by atoms with van der Waals surface area (Å²) in [6.45, 7) is 0.770. The standard InChI is InChI=1S/C26H25N3O/c30-26(16-23-9-5-15-27-17-23)10-4-8-21-11-13-24(14-12-21)25-18-28-29(20-25)19-22-6-2-1-3-7-22/h1-3,5-7,9,11-15,17-18,20H,4,8,10,16,19H2. The van der Waals surface area contributed by atoms with Gasteiger partial charge in [-0.15, -0.1) is 0 Å². The topological polar surface area (TPSA) is 47.8 Å². The first kappa shape index (κ1) is 19.8. The van der Waals surface area contributed by atoms with Gasteiger partial charge in [-0.05, 0) is 41.2 Å². The highest BCUT2D eigenvalue weighted by Crippen LogP contribution is 2.20. The zero-order chi connectivity index (χ0) is 20.6. The second-order valence-corrected chi connectivity index (χ2v) is 7.54. The van der Waals surface area contributed by atoms with Crippen LogP contribution >= 0.6 is 0 Å². The van der Waals surface area contributed by atoms with Gasteiger partial charge in [-0.1, -0.05) is 60.7 Å². The molecule has 2 aromatic heterocycles. The number of aromatic nitrogens is 3. The lowest BCUT2D eigenvalue weighted by atomic mass is 10.0. The molecule has 2 heterocycles. The number of Topliss-reactive ketones (excluding diaryl/α,β-unsaturated/α-hetero) is 1. The number of pyridine rings is 1. The summed E-state index contributed by atoms with van der Waals surface area (Å²) in [5, 5.41) is 4.49. The van der Waals surface area contributed by atoms with Crippen LogP contribution in [0.4, 0.5) is 0 Å². The van der Waals surface area contributed by atoms with E-state index in [1.54, 1.807) is 12.4 Å². The molecule has 0 amide bonds. The lowest BCUT2D eigenvalue weighted by molar-refractivity contribution is -0.118. The molecule has 0 unspecified atom stereocenters. The molecule has 0 saturated carbocycles. The maximum atomic E-state index is 12.1. The number of ketones is 1. The summed E-state index contributed by atoms with van der Waals surface area (Å²) in [7, 11) is 0. The van der Waals surface area contributed by atoms with Gasteiger partial charge in [0.15, 0.2) is 0 Å². The molecule has 0 aliphatic rings. The summed E-state index contributed by atoms with van der Waals surface area (Å²) in [6, 6.07) is 22.7. The Labute approximate surface area is 177 Å². The number of hydrogen-bond acceptors (Lipinski definition) is 3. The lowest BCUT2D eigenvalue weighted by Crippen LogP contribution is -2.03. The molecule has 30 heavy (non-hydrogen) atoms. The molecule has 4 heteroatoms. The molecule has 150 valence electrons. The van der Waals surface area contributed by atoms with Crippen LogP contribution in [-0.4, -0.2) is 20.5 Å². The van der Waals surface area contributed by atoms with E-state index in [4.69, 9.17) is 0 Å². The molecule has 4 nitrogen and oxygen atoms in total. The van der Waals surface area contributed by atoms with Crippen molar-refractivity contribution in [2.45, 2.75) is 32.2 Å². The number of carbonyl (C=O) groups is 1. The smallest absolute Gasteiger partial charge is 0.137 e. The fourth-order valence-electron chi connectivity index (χ4n) is 3.54. The van der Waals surface area contributed by atoms with Crippen LogP contribution in [0.15, 0.2) is 91.5 Å². The van der Waals surface area contributed by atoms with Crippen LogP contribution in [0.3, 0.4) is 0 Å². The third kappa shape index (κ3) is 5.51. The van der Waals surface area contributed by atoms with Crippen molar-refractivity contribution in [2.24, 2.45) is 0 Å². The minimum atomic E-state index is 0.269. The van der Waals surface area contributed by atoms with Gasteiger partial charge in [0.25, 0.3) is 0 Å². The number of rotatable bonds is 9. The summed E-state index contributed by atoms with van der Waals surface area (Å²) < 4.78 is 1.96. The summed E-state index contributed by atoms with van der Waals surface area (Å²) in [4.78, 5) is 16.2. The first-order valence-corrected chi connectivity index (χ1v) is 10.3. The van der Waals surface area contributed by atoms with E-state index in [-0.39, 0.29) is 5.78 Å². The van der Waals surface area contributed by atoms with E-state index in [1.807, 2.05) is 41.2 Å². The van der Waals surface area contributed by atoms with Gasteiger partial charge in [-0.2, -0.15) is 5.10 Å². The highest BCUT2D eigenvalue weighted by atomic mass is 16.1. The van der Waals surface area contributed by atoms with Crippen LogP contribution in [0.5, 0.6) is 0 Å². The SMILES string of the molecule is O=C(CCCc1ccc(-c2cnn(Cc3ccccc3)c2)cc1)Cc1cccnc1. The van der Waals surface area contributed by atoms with E-state index in [0.29, 0.717) is 12.8 Å². The van der Waals surface area contributed by atoms with Gasteiger partial charge in [0.1, 0.15) is 5.78 Å². The van der Waals surface area contributed by atoms with Crippen molar-refractivity contribution in [3.63, 3.8) is 0 Å². The van der Waals surface area contributed by atoms with Crippen LogP contribution in [0.2, 0.25) is 0 Å². The molecule has 0 N–H and O–H groups in total. The number of aryl methyl sites for hydroxylation is 1. The molecule has 4 aromatic rings. The Bertz CT molecular complexity index is 1070. The van der Waals surface area contributed by atoms with E-state index < -0.39 is 0 Å². The van der Waals surface area contributed by atoms with Crippen LogP contribution in [0.1, 0.15) is 29.5 Å². The van der Waals surface area contributed by atoms with Gasteiger partial charge in [0, 0.05) is 37.0 Å². The normalized spacial score (nSPS) is 10.8. The lowest BCUT2D eigenvalue weighted by Gasteiger charge is -2.04. The Hall–Kier alpha value is -3.53. The van der Waals surface area contributed by atoms with E-state index in [1.165, 1.54) is 11.1 Å². The van der Waals surface area contributed by atoms with Crippen LogP contribution in [0, 0.1) is 0 Å². The Morgan fingerprint density at radius 1 is 0.800 bits per heavy atom. The number of hydrogen-bond donors (Lipinski definition) is 0. The largest absolute Gasteiger partial charge is 0.299 e. The van der Waals surface area contributed by atoms with Crippen molar-refractivity contribution in [3.8, 4) is 11.1 Å². The Morgan fingerprint density at radius 3 is 2.37 bits per heavy atom. The van der Waals surface area contributed by atoms with E-state index in [0.717, 1.165) is 36.1 Å². The molecule has 0 atom stereocenters. The molecule has 0 radical (unpaired) electrons. The third-order valence-corrected chi connectivity index (χ3v) is 5.15. The predicted molar refractivity (Wildman–Crippen MR) is 119 cm³/mol. The first-order chi connectivity index (χ1) is 14.8. The molecular formula is C26H25N3O. The molecule has 0 aliphatic carbocycles. The molecule has 0 bridgehead atoms. The second-order valence-electron chi connectivity index (χ2n) is 7.54. The van der Waals surface area contributed by atoms with Crippen LogP contribution in [-0.2, 0) is 24.2 Å². The van der Waals surface area contributed by atoms with Crippen molar-refractivity contribution in [3.05, 3.63) is 108 Å². The zero-order valence-electron chi connectivity index (χ0n) is 16.9. The van der Waals surface area contributed by atoms with Crippen LogP contribution < -0.4 is 0 Å². The van der Waals surface area contributed by atoms with Crippen LogP contribution in [0.25, 0.3) is 11.1 Å². The molecule has 0 fully saturated rings. The quantitative estimate of drug-likeness (QED) is 0.395. The fourth-order valence-corrected chi connectivity index (χ4v) is 3.54. The van der Waals surface area contributed by atoms with Gasteiger partial charge < -0.3 is 0 Å². The van der Waals surface area contributed by atoms with E-state index in [9.17, 15) is 4.79 Å². The first-order valence-electron chi connectivity index (χ1n) is 10.3. The average Bonchev–Trinajstić information content (AvgIpc) is 3.24. The molecule has 0 aliphatic heterocycles. The van der Waals surface area contributed by atoms with E-state index >= 15 is 0 Å². The number of nitrogens with zero attached hydrogens (tertiary/aromatic N) is 3. The van der Waals surface area contributed by atoms with Gasteiger partial charge in [-0.3, -0.25) is 14.5 Å². The summed E-state index contributed by atoms with van der Waals surface area (Å²) in [5.41, 5.74) is 5.75. The van der Waals surface area contributed by atoms with Crippen molar-refractivity contribution < 1.29 is 4.79 Å². The fraction of sp³-hybridized carbons (Fsp3) is 0.192. The monoisotopic (exact) mass is 395 g/mol. The Balaban J connectivity index is 1.27. The number of carbonyl (C=O) groups excluding carboxylic acids is 1. The van der Waals surface area contributed by atoms with E-state index in [2.05, 4.69) is 52.7 Å². The summed E-state index contributed by atoms with van der Waals surface area (Å²) >= 11 is 0. The Morgan fingerprint density at radius 2 is 1.60 bits per heavy atom. The van der Waals surface area contributed by atoms with Crippen molar-refractivity contribution in [1.29, 1.82) is 0 Å². The minimum Gasteiger partial charge on any atom is -0.299 e. The van der Waals surface area contributed by atoms with Crippen molar-refractivity contribution in [2.75, 3.05) is 0 Å². The minimum absolute atomic E-state index is 0.269. The second kappa shape index (κ2) is 9.79. The highest BCUT2D eigenvalue weighted by molar-refractivity contribution is 5.80. The van der Waals surface area contributed by atoms with Gasteiger partial charge >= 0.3 is 0 Å². The Kier molecular flexibility index (Phi) is 6.45. The third-order valence-electron chi connectivity index (χ3n) is 5.15. The molecular weight excluding hydrogens is 370 g/mol. The molecule has 2 aromatic carbocycles. The van der Waals surface area contributed by atoms with Crippen molar-refractivity contribution >= 4 is 5.78 Å². The average molecular weight is 396 g/mol. The number of benzene rings is 2. The molecule has 0 spiro atoms. The molecule has 4 rings (SSSR count). The molecule has 0 saturated heterocycles. The van der Waals surface area contributed by atoms with Gasteiger partial charge in [0.2, 0.25) is 0 Å².